The van der Waals surface area contributed by atoms with E-state index in [0.717, 1.165) is 12.8 Å². The molecule has 0 aromatic heterocycles. The van der Waals surface area contributed by atoms with Gasteiger partial charge in [-0.05, 0) is 30.5 Å². The highest BCUT2D eigenvalue weighted by atomic mass is 16.5. The van der Waals surface area contributed by atoms with E-state index in [1.54, 1.807) is 18.2 Å². The molecule has 114 valence electrons. The van der Waals surface area contributed by atoms with Crippen molar-refractivity contribution in [2.24, 2.45) is 0 Å². The number of benzene rings is 1. The number of carbonyl (C=O) groups excluding carboxylic acids is 1. The summed E-state index contributed by atoms with van der Waals surface area (Å²) < 4.78 is 10.1. The number of methoxy groups -OCH3 is 1. The van der Waals surface area contributed by atoms with Gasteiger partial charge in [0, 0.05) is 6.42 Å². The van der Waals surface area contributed by atoms with E-state index in [9.17, 15) is 9.90 Å². The summed E-state index contributed by atoms with van der Waals surface area (Å²) >= 11 is 0. The van der Waals surface area contributed by atoms with E-state index in [0.29, 0.717) is 23.5 Å². The van der Waals surface area contributed by atoms with Crippen LogP contribution in [-0.4, -0.2) is 24.8 Å². The number of nitriles is 1. The molecule has 1 N–H and O–H groups in total. The molecule has 0 amide bonds. The molecule has 0 fully saturated rings. The number of esters is 1. The van der Waals surface area contributed by atoms with Crippen LogP contribution in [0.3, 0.4) is 0 Å². The highest BCUT2D eigenvalue weighted by molar-refractivity contribution is 5.69. The number of aliphatic hydroxyl groups is 1. The molecule has 5 heteroatoms. The summed E-state index contributed by atoms with van der Waals surface area (Å²) in [7, 11) is 1.48. The van der Waals surface area contributed by atoms with E-state index in [-0.39, 0.29) is 18.8 Å². The van der Waals surface area contributed by atoms with Crippen LogP contribution in [0, 0.1) is 11.3 Å². The number of nitrogens with zero attached hydrogens (tertiary/aromatic N) is 1. The lowest BCUT2D eigenvalue weighted by molar-refractivity contribution is -0.144. The highest BCUT2D eigenvalue weighted by Crippen LogP contribution is 2.25. The summed E-state index contributed by atoms with van der Waals surface area (Å²) in [6, 6.07) is 6.91. The van der Waals surface area contributed by atoms with Crippen molar-refractivity contribution in [3.8, 4) is 11.8 Å². The molecule has 0 aliphatic heterocycles. The molecule has 0 radical (unpaired) electrons. The predicted molar refractivity (Wildman–Crippen MR) is 77.8 cm³/mol. The molecule has 0 aliphatic rings. The van der Waals surface area contributed by atoms with Crippen LogP contribution < -0.4 is 4.74 Å². The van der Waals surface area contributed by atoms with Gasteiger partial charge in [-0.3, -0.25) is 4.79 Å². The number of carbonyl (C=O) groups is 1. The Morgan fingerprint density at radius 3 is 2.86 bits per heavy atom. The molecule has 1 rings (SSSR count). The van der Waals surface area contributed by atoms with Crippen molar-refractivity contribution in [1.82, 2.24) is 0 Å². The van der Waals surface area contributed by atoms with Gasteiger partial charge in [-0.1, -0.05) is 19.4 Å². The van der Waals surface area contributed by atoms with Crippen LogP contribution in [0.4, 0.5) is 0 Å². The van der Waals surface area contributed by atoms with Crippen LogP contribution in [0.2, 0.25) is 0 Å². The van der Waals surface area contributed by atoms with Gasteiger partial charge in [-0.25, -0.2) is 0 Å². The third-order valence-corrected chi connectivity index (χ3v) is 3.11. The lowest BCUT2D eigenvalue weighted by Crippen LogP contribution is -2.08. The Bertz CT molecular complexity index is 507. The van der Waals surface area contributed by atoms with Crippen LogP contribution in [0.5, 0.6) is 5.75 Å². The summed E-state index contributed by atoms with van der Waals surface area (Å²) in [5.41, 5.74) is 0.952. The van der Waals surface area contributed by atoms with E-state index < -0.39 is 6.10 Å². The summed E-state index contributed by atoms with van der Waals surface area (Å²) in [5, 5.41) is 19.1. The first-order valence-electron chi connectivity index (χ1n) is 7.04. The lowest BCUT2D eigenvalue weighted by Gasteiger charge is -2.12. The minimum Gasteiger partial charge on any atom is -0.495 e. The molecule has 1 aromatic carbocycles. The standard InChI is InChI=1S/C16H21NO4/c1-3-4-9-21-16(19)8-6-14(18)12-5-7-15(20-2)13(10-12)11-17/h5,7,10,14,18H,3-4,6,8-9H2,1-2H3. The molecule has 0 aliphatic carbocycles. The third-order valence-electron chi connectivity index (χ3n) is 3.11. The zero-order chi connectivity index (χ0) is 15.7. The number of ether oxygens (including phenoxy) is 2. The number of hydrogen-bond donors (Lipinski definition) is 1. The van der Waals surface area contributed by atoms with Crippen LogP contribution in [0.15, 0.2) is 18.2 Å². The molecule has 21 heavy (non-hydrogen) atoms. The Kier molecular flexibility index (Phi) is 7.27. The molecule has 0 saturated carbocycles. The van der Waals surface area contributed by atoms with Crippen molar-refractivity contribution in [3.63, 3.8) is 0 Å². The van der Waals surface area contributed by atoms with Crippen LogP contribution in [0.1, 0.15) is 49.8 Å². The van der Waals surface area contributed by atoms with Gasteiger partial charge < -0.3 is 14.6 Å². The summed E-state index contributed by atoms with van der Waals surface area (Å²) in [6.07, 6.45) is 1.43. The molecule has 0 saturated heterocycles. The summed E-state index contributed by atoms with van der Waals surface area (Å²) in [4.78, 5) is 11.5. The van der Waals surface area contributed by atoms with E-state index in [4.69, 9.17) is 14.7 Å². The number of aliphatic hydroxyl groups excluding tert-OH is 1. The Balaban J connectivity index is 2.54. The van der Waals surface area contributed by atoms with E-state index >= 15 is 0 Å². The molecule has 5 nitrogen and oxygen atoms in total. The van der Waals surface area contributed by atoms with Gasteiger partial charge in [0.05, 0.1) is 25.4 Å². The van der Waals surface area contributed by atoms with E-state index in [1.165, 1.54) is 7.11 Å². The maximum atomic E-state index is 11.5. The zero-order valence-corrected chi connectivity index (χ0v) is 12.5. The first-order valence-corrected chi connectivity index (χ1v) is 7.04. The van der Waals surface area contributed by atoms with E-state index in [2.05, 4.69) is 0 Å². The average molecular weight is 291 g/mol. The van der Waals surface area contributed by atoms with Crippen molar-refractivity contribution < 1.29 is 19.4 Å². The maximum absolute atomic E-state index is 11.5. The Hall–Kier alpha value is -2.06. The number of rotatable bonds is 8. The third kappa shape index (κ3) is 5.44. The second kappa shape index (κ2) is 8.98. The predicted octanol–water partition coefficient (Wildman–Crippen LogP) is 2.72. The fourth-order valence-corrected chi connectivity index (χ4v) is 1.84. The van der Waals surface area contributed by atoms with Crippen molar-refractivity contribution in [2.45, 2.75) is 38.7 Å². The van der Waals surface area contributed by atoms with Crippen molar-refractivity contribution in [1.29, 1.82) is 5.26 Å². The largest absolute Gasteiger partial charge is 0.495 e. The molecule has 0 spiro atoms. The molecular formula is C16H21NO4. The van der Waals surface area contributed by atoms with Crippen LogP contribution in [0.25, 0.3) is 0 Å². The summed E-state index contributed by atoms with van der Waals surface area (Å²) in [5.74, 6) is 0.156. The first kappa shape index (κ1) is 17.0. The van der Waals surface area contributed by atoms with Crippen molar-refractivity contribution in [3.05, 3.63) is 29.3 Å². The van der Waals surface area contributed by atoms with Crippen LogP contribution >= 0.6 is 0 Å². The minimum absolute atomic E-state index is 0.152. The van der Waals surface area contributed by atoms with Gasteiger partial charge >= 0.3 is 5.97 Å². The Morgan fingerprint density at radius 2 is 2.24 bits per heavy atom. The normalized spacial score (nSPS) is 11.5. The smallest absolute Gasteiger partial charge is 0.305 e. The molecular weight excluding hydrogens is 270 g/mol. The fourth-order valence-electron chi connectivity index (χ4n) is 1.84. The summed E-state index contributed by atoms with van der Waals surface area (Å²) in [6.45, 7) is 2.45. The van der Waals surface area contributed by atoms with Gasteiger partial charge in [0.15, 0.2) is 0 Å². The van der Waals surface area contributed by atoms with Gasteiger partial charge in [0.25, 0.3) is 0 Å². The topological polar surface area (TPSA) is 79.6 Å². The Labute approximate surface area is 125 Å². The van der Waals surface area contributed by atoms with Gasteiger partial charge in [0.1, 0.15) is 11.8 Å². The van der Waals surface area contributed by atoms with Gasteiger partial charge in [-0.15, -0.1) is 0 Å². The minimum atomic E-state index is -0.804. The van der Waals surface area contributed by atoms with Crippen LogP contribution in [-0.2, 0) is 9.53 Å². The van der Waals surface area contributed by atoms with Gasteiger partial charge in [-0.2, -0.15) is 5.26 Å². The van der Waals surface area contributed by atoms with Gasteiger partial charge in [0.2, 0.25) is 0 Å². The first-order chi connectivity index (χ1) is 10.1. The quantitative estimate of drug-likeness (QED) is 0.588. The average Bonchev–Trinajstić information content (AvgIpc) is 2.52. The van der Waals surface area contributed by atoms with E-state index in [1.807, 2.05) is 13.0 Å². The second-order valence-electron chi connectivity index (χ2n) is 4.70. The van der Waals surface area contributed by atoms with Crippen molar-refractivity contribution in [2.75, 3.05) is 13.7 Å². The molecule has 0 heterocycles. The zero-order valence-electron chi connectivity index (χ0n) is 12.5. The maximum Gasteiger partial charge on any atom is 0.305 e. The molecule has 1 atom stereocenters. The monoisotopic (exact) mass is 291 g/mol. The Morgan fingerprint density at radius 1 is 1.48 bits per heavy atom. The lowest BCUT2D eigenvalue weighted by atomic mass is 10.0. The highest BCUT2D eigenvalue weighted by Gasteiger charge is 2.13. The molecule has 1 unspecified atom stereocenters. The number of hydrogen-bond acceptors (Lipinski definition) is 5. The van der Waals surface area contributed by atoms with Crippen molar-refractivity contribution >= 4 is 5.97 Å². The fraction of sp³-hybridized carbons (Fsp3) is 0.500. The molecule has 0 bridgehead atoms. The number of unbranched alkanes of at least 4 members (excludes halogenated alkanes) is 1. The molecule has 1 aromatic rings. The second-order valence-corrected chi connectivity index (χ2v) is 4.70. The SMILES string of the molecule is CCCCOC(=O)CCC(O)c1ccc(OC)c(C#N)c1.